The van der Waals surface area contributed by atoms with Crippen LogP contribution in [0, 0.1) is 0 Å². The molecule has 0 unspecified atom stereocenters. The van der Waals surface area contributed by atoms with Gasteiger partial charge in [0, 0.05) is 13.1 Å². The number of benzene rings is 4. The Kier molecular flexibility index (Phi) is 4.81. The van der Waals surface area contributed by atoms with Gasteiger partial charge in [-0.1, -0.05) is 60.7 Å². The third kappa shape index (κ3) is 3.23. The number of fused-ring (bicyclic) bond motifs is 3. The van der Waals surface area contributed by atoms with Crippen molar-refractivity contribution in [1.29, 1.82) is 0 Å². The summed E-state index contributed by atoms with van der Waals surface area (Å²) in [5.74, 6) is 0.648. The Morgan fingerprint density at radius 1 is 0.857 bits per heavy atom. The molecule has 0 spiro atoms. The predicted octanol–water partition coefficient (Wildman–Crippen LogP) is 5.18. The maximum Gasteiger partial charge on any atom is 0.244 e. The summed E-state index contributed by atoms with van der Waals surface area (Å²) >= 11 is 0. The maximum absolute atomic E-state index is 12.3. The Bertz CT molecular complexity index is 1190. The minimum absolute atomic E-state index is 0.136. The molecular weight excluding hydrogens is 346 g/mol. The smallest absolute Gasteiger partial charge is 0.244 e. The van der Waals surface area contributed by atoms with E-state index in [9.17, 15) is 4.79 Å². The SMILES string of the molecule is CNC(=O)C=C(c1ccc(OC)cc1)c1cc2ccccc2c2ccccc12. The number of rotatable bonds is 4. The fourth-order valence-electron chi connectivity index (χ4n) is 3.57. The van der Waals surface area contributed by atoms with E-state index in [2.05, 4.69) is 41.7 Å². The van der Waals surface area contributed by atoms with E-state index in [-0.39, 0.29) is 5.91 Å². The van der Waals surface area contributed by atoms with E-state index in [1.54, 1.807) is 20.2 Å². The second-order valence-corrected chi connectivity index (χ2v) is 6.59. The van der Waals surface area contributed by atoms with Crippen molar-refractivity contribution in [3.63, 3.8) is 0 Å². The van der Waals surface area contributed by atoms with Crippen LogP contribution in [0.25, 0.3) is 27.1 Å². The molecule has 0 saturated carbocycles. The van der Waals surface area contributed by atoms with Crippen molar-refractivity contribution in [1.82, 2.24) is 5.32 Å². The Hall–Kier alpha value is -3.59. The van der Waals surface area contributed by atoms with Crippen LogP contribution in [0.3, 0.4) is 0 Å². The van der Waals surface area contributed by atoms with Crippen molar-refractivity contribution in [3.8, 4) is 5.75 Å². The second-order valence-electron chi connectivity index (χ2n) is 6.59. The summed E-state index contributed by atoms with van der Waals surface area (Å²) in [5, 5.41) is 7.34. The van der Waals surface area contributed by atoms with Crippen LogP contribution in [0.15, 0.2) is 84.9 Å². The third-order valence-corrected chi connectivity index (χ3v) is 4.98. The van der Waals surface area contributed by atoms with Gasteiger partial charge >= 0.3 is 0 Å². The third-order valence-electron chi connectivity index (χ3n) is 4.98. The number of likely N-dealkylation sites (N-methyl/N-ethyl adjacent to an activating group) is 1. The van der Waals surface area contributed by atoms with E-state index >= 15 is 0 Å². The van der Waals surface area contributed by atoms with Crippen LogP contribution in [0.1, 0.15) is 11.1 Å². The van der Waals surface area contributed by atoms with E-state index < -0.39 is 0 Å². The Balaban J connectivity index is 2.03. The Morgan fingerprint density at radius 3 is 2.18 bits per heavy atom. The quantitative estimate of drug-likeness (QED) is 0.399. The first-order valence-corrected chi connectivity index (χ1v) is 9.20. The first-order valence-electron chi connectivity index (χ1n) is 9.20. The zero-order valence-corrected chi connectivity index (χ0v) is 15.9. The molecule has 0 aliphatic carbocycles. The molecule has 4 rings (SSSR count). The molecule has 28 heavy (non-hydrogen) atoms. The second kappa shape index (κ2) is 7.57. The molecule has 3 nitrogen and oxygen atoms in total. The van der Waals surface area contributed by atoms with Crippen molar-refractivity contribution >= 4 is 33.0 Å². The molecule has 4 aromatic rings. The maximum atomic E-state index is 12.3. The Morgan fingerprint density at radius 2 is 1.50 bits per heavy atom. The molecule has 3 heteroatoms. The zero-order chi connectivity index (χ0) is 19.5. The van der Waals surface area contributed by atoms with Crippen molar-refractivity contribution < 1.29 is 9.53 Å². The van der Waals surface area contributed by atoms with Gasteiger partial charge in [-0.3, -0.25) is 4.79 Å². The minimum Gasteiger partial charge on any atom is -0.497 e. The molecule has 0 aliphatic rings. The van der Waals surface area contributed by atoms with Gasteiger partial charge < -0.3 is 10.1 Å². The lowest BCUT2D eigenvalue weighted by Crippen LogP contribution is -2.15. The van der Waals surface area contributed by atoms with Crippen molar-refractivity contribution in [2.75, 3.05) is 14.2 Å². The molecule has 0 radical (unpaired) electrons. The summed E-state index contributed by atoms with van der Waals surface area (Å²) in [6.45, 7) is 0. The predicted molar refractivity (Wildman–Crippen MR) is 116 cm³/mol. The van der Waals surface area contributed by atoms with Crippen LogP contribution >= 0.6 is 0 Å². The van der Waals surface area contributed by atoms with E-state index in [0.717, 1.165) is 33.2 Å². The zero-order valence-electron chi connectivity index (χ0n) is 15.9. The monoisotopic (exact) mass is 367 g/mol. The summed E-state index contributed by atoms with van der Waals surface area (Å²) in [7, 11) is 3.29. The van der Waals surface area contributed by atoms with Gasteiger partial charge in [-0.25, -0.2) is 0 Å². The molecule has 0 atom stereocenters. The van der Waals surface area contributed by atoms with Crippen LogP contribution in [0.5, 0.6) is 5.75 Å². The molecule has 1 amide bonds. The first kappa shape index (κ1) is 17.8. The molecule has 0 heterocycles. The van der Waals surface area contributed by atoms with Crippen molar-refractivity contribution in [2.45, 2.75) is 0 Å². The summed E-state index contributed by atoms with van der Waals surface area (Å²) in [6.07, 6.45) is 1.67. The van der Waals surface area contributed by atoms with E-state index in [1.807, 2.05) is 42.5 Å². The summed E-state index contributed by atoms with van der Waals surface area (Å²) in [6, 6.07) is 26.6. The lowest BCUT2D eigenvalue weighted by molar-refractivity contribution is -0.116. The standard InChI is InChI=1S/C25H21NO2/c1-26-25(27)16-23(17-11-13-19(28-2)14-12-17)24-15-18-7-3-4-8-20(18)21-9-5-6-10-22(21)24/h3-16H,1-2H3,(H,26,27). The summed E-state index contributed by atoms with van der Waals surface area (Å²) in [4.78, 5) is 12.3. The largest absolute Gasteiger partial charge is 0.497 e. The summed E-state index contributed by atoms with van der Waals surface area (Å²) in [5.41, 5.74) is 2.87. The van der Waals surface area contributed by atoms with Gasteiger partial charge in [0.1, 0.15) is 5.75 Å². The van der Waals surface area contributed by atoms with Gasteiger partial charge in [-0.2, -0.15) is 0 Å². The molecule has 0 aliphatic heterocycles. The molecular formula is C25H21NO2. The fraction of sp³-hybridized carbons (Fsp3) is 0.0800. The van der Waals surface area contributed by atoms with Gasteiger partial charge in [0.2, 0.25) is 5.91 Å². The number of hydrogen-bond acceptors (Lipinski definition) is 2. The number of nitrogens with one attached hydrogen (secondary N) is 1. The molecule has 0 bridgehead atoms. The van der Waals surface area contributed by atoms with Crippen molar-refractivity contribution in [3.05, 3.63) is 96.1 Å². The van der Waals surface area contributed by atoms with Crippen LogP contribution in [0.4, 0.5) is 0 Å². The van der Waals surface area contributed by atoms with Crippen LogP contribution < -0.4 is 10.1 Å². The van der Waals surface area contributed by atoms with Gasteiger partial charge in [-0.05, 0) is 56.4 Å². The highest BCUT2D eigenvalue weighted by atomic mass is 16.5. The highest BCUT2D eigenvalue weighted by molar-refractivity contribution is 6.14. The number of carbonyl (C=O) groups is 1. The number of amides is 1. The molecule has 138 valence electrons. The van der Waals surface area contributed by atoms with E-state index in [1.165, 1.54) is 10.8 Å². The van der Waals surface area contributed by atoms with Gasteiger partial charge in [0.15, 0.2) is 0 Å². The Labute approximate surface area is 164 Å². The van der Waals surface area contributed by atoms with Crippen LogP contribution in [-0.2, 0) is 4.79 Å². The molecule has 0 fully saturated rings. The molecule has 4 aromatic carbocycles. The average Bonchev–Trinajstić information content (AvgIpc) is 2.77. The minimum atomic E-state index is -0.136. The van der Waals surface area contributed by atoms with Crippen LogP contribution in [0.2, 0.25) is 0 Å². The highest BCUT2D eigenvalue weighted by Gasteiger charge is 2.13. The average molecular weight is 367 g/mol. The van der Waals surface area contributed by atoms with Crippen molar-refractivity contribution in [2.24, 2.45) is 0 Å². The number of carbonyl (C=O) groups excluding carboxylic acids is 1. The van der Waals surface area contributed by atoms with Gasteiger partial charge in [0.05, 0.1) is 7.11 Å². The highest BCUT2D eigenvalue weighted by Crippen LogP contribution is 2.35. The first-order chi connectivity index (χ1) is 13.7. The van der Waals surface area contributed by atoms with Crippen LogP contribution in [-0.4, -0.2) is 20.1 Å². The van der Waals surface area contributed by atoms with E-state index in [4.69, 9.17) is 4.74 Å². The number of hydrogen-bond donors (Lipinski definition) is 1. The molecule has 0 saturated heterocycles. The normalized spacial score (nSPS) is 11.6. The number of ether oxygens (including phenoxy) is 1. The fourth-order valence-corrected chi connectivity index (χ4v) is 3.57. The lowest BCUT2D eigenvalue weighted by atomic mass is 9.89. The van der Waals surface area contributed by atoms with E-state index in [0.29, 0.717) is 0 Å². The lowest BCUT2D eigenvalue weighted by Gasteiger charge is -2.15. The molecule has 1 N–H and O–H groups in total. The van der Waals surface area contributed by atoms with Gasteiger partial charge in [0.25, 0.3) is 0 Å². The van der Waals surface area contributed by atoms with Gasteiger partial charge in [-0.15, -0.1) is 0 Å². The number of methoxy groups -OCH3 is 1. The topological polar surface area (TPSA) is 38.3 Å². The summed E-state index contributed by atoms with van der Waals surface area (Å²) < 4.78 is 5.29. The molecule has 0 aromatic heterocycles.